The van der Waals surface area contributed by atoms with Crippen LogP contribution in [0.1, 0.15) is 10.4 Å². The second-order valence-corrected chi connectivity index (χ2v) is 5.86. The Hall–Kier alpha value is -1.64. The molecule has 0 spiro atoms. The molecule has 1 N–H and O–H groups in total. The quantitative estimate of drug-likeness (QED) is 0.731. The first kappa shape index (κ1) is 17.4. The second-order valence-electron chi connectivity index (χ2n) is 4.70. The van der Waals surface area contributed by atoms with Gasteiger partial charge >= 0.3 is 0 Å². The lowest BCUT2D eigenvalue weighted by molar-refractivity contribution is -0.137. The van der Waals surface area contributed by atoms with Crippen molar-refractivity contribution in [2.75, 3.05) is 34.2 Å². The Morgan fingerprint density at radius 2 is 1.71 bits per heavy atom. The Balaban J connectivity index is 2.51. The molecule has 0 radical (unpaired) electrons. The molecule has 0 saturated carbocycles. The van der Waals surface area contributed by atoms with E-state index in [0.717, 1.165) is 3.57 Å². The summed E-state index contributed by atoms with van der Waals surface area (Å²) in [5.74, 6) is -0.792. The highest BCUT2D eigenvalue weighted by molar-refractivity contribution is 14.1. The SMILES string of the molecule is CN(C)C(=O)CN(C)C(=O)CNC(=O)c1ccccc1I. The number of hydrogen-bond donors (Lipinski definition) is 1. The number of nitrogens with zero attached hydrogens (tertiary/aromatic N) is 2. The summed E-state index contributed by atoms with van der Waals surface area (Å²) in [4.78, 5) is 38.0. The third-order valence-electron chi connectivity index (χ3n) is 2.82. The lowest BCUT2D eigenvalue weighted by Crippen LogP contribution is -2.42. The first-order chi connectivity index (χ1) is 9.82. The minimum Gasteiger partial charge on any atom is -0.347 e. The van der Waals surface area contributed by atoms with Gasteiger partial charge in [-0.3, -0.25) is 14.4 Å². The van der Waals surface area contributed by atoms with Crippen LogP contribution in [0.4, 0.5) is 0 Å². The lowest BCUT2D eigenvalue weighted by Gasteiger charge is -2.19. The molecule has 0 aliphatic carbocycles. The van der Waals surface area contributed by atoms with Crippen molar-refractivity contribution >= 4 is 40.3 Å². The zero-order valence-corrected chi connectivity index (χ0v) is 14.4. The fourth-order valence-electron chi connectivity index (χ4n) is 1.46. The van der Waals surface area contributed by atoms with Crippen LogP contribution in [0.15, 0.2) is 24.3 Å². The molecule has 0 aliphatic rings. The highest BCUT2D eigenvalue weighted by atomic mass is 127. The van der Waals surface area contributed by atoms with Gasteiger partial charge in [0.05, 0.1) is 18.7 Å². The molecule has 7 heteroatoms. The highest BCUT2D eigenvalue weighted by Gasteiger charge is 2.16. The monoisotopic (exact) mass is 403 g/mol. The number of rotatable bonds is 5. The summed E-state index contributed by atoms with van der Waals surface area (Å²) in [7, 11) is 4.78. The van der Waals surface area contributed by atoms with E-state index in [4.69, 9.17) is 0 Å². The average Bonchev–Trinajstić information content (AvgIpc) is 2.44. The average molecular weight is 403 g/mol. The number of benzene rings is 1. The molecule has 6 nitrogen and oxygen atoms in total. The Kier molecular flexibility index (Phi) is 6.60. The van der Waals surface area contributed by atoms with Gasteiger partial charge in [-0.05, 0) is 34.7 Å². The van der Waals surface area contributed by atoms with E-state index in [-0.39, 0.29) is 30.8 Å². The van der Waals surface area contributed by atoms with E-state index < -0.39 is 0 Å². The fraction of sp³-hybridized carbons (Fsp3) is 0.357. The summed E-state index contributed by atoms with van der Waals surface area (Å²) in [6, 6.07) is 7.12. The van der Waals surface area contributed by atoms with Gasteiger partial charge in [-0.15, -0.1) is 0 Å². The van der Waals surface area contributed by atoms with Crippen LogP contribution < -0.4 is 5.32 Å². The molecule has 0 heterocycles. The van der Waals surface area contributed by atoms with Crippen molar-refractivity contribution in [1.29, 1.82) is 0 Å². The molecule has 3 amide bonds. The molecule has 0 atom stereocenters. The normalized spacial score (nSPS) is 9.90. The minimum absolute atomic E-state index is 0.00935. The molecule has 0 unspecified atom stereocenters. The largest absolute Gasteiger partial charge is 0.347 e. The van der Waals surface area contributed by atoms with Crippen molar-refractivity contribution in [3.05, 3.63) is 33.4 Å². The first-order valence-corrected chi connectivity index (χ1v) is 7.37. The van der Waals surface area contributed by atoms with E-state index in [1.807, 2.05) is 12.1 Å². The molecule has 21 heavy (non-hydrogen) atoms. The summed E-state index contributed by atoms with van der Waals surface area (Å²) in [6.45, 7) is -0.147. The van der Waals surface area contributed by atoms with Crippen LogP contribution in [0, 0.1) is 3.57 Å². The minimum atomic E-state index is -0.315. The Morgan fingerprint density at radius 1 is 1.10 bits per heavy atom. The smallest absolute Gasteiger partial charge is 0.252 e. The Labute approximate surface area is 137 Å². The Morgan fingerprint density at radius 3 is 2.29 bits per heavy atom. The molecule has 114 valence electrons. The van der Waals surface area contributed by atoms with Crippen molar-refractivity contribution in [3.8, 4) is 0 Å². The van der Waals surface area contributed by atoms with Gasteiger partial charge in [-0.2, -0.15) is 0 Å². The third kappa shape index (κ3) is 5.33. The number of carbonyl (C=O) groups excluding carboxylic acids is 3. The Bertz CT molecular complexity index is 546. The maximum atomic E-state index is 12.0. The predicted octanol–water partition coefficient (Wildman–Crippen LogP) is 0.568. The van der Waals surface area contributed by atoms with Gasteiger partial charge < -0.3 is 15.1 Å². The van der Waals surface area contributed by atoms with E-state index in [9.17, 15) is 14.4 Å². The fourth-order valence-corrected chi connectivity index (χ4v) is 2.10. The van der Waals surface area contributed by atoms with Gasteiger partial charge in [0.25, 0.3) is 5.91 Å². The number of amides is 3. The van der Waals surface area contributed by atoms with Gasteiger partial charge in [-0.25, -0.2) is 0 Å². The second kappa shape index (κ2) is 7.96. The van der Waals surface area contributed by atoms with Crippen LogP contribution in [0.3, 0.4) is 0 Å². The van der Waals surface area contributed by atoms with Crippen molar-refractivity contribution in [2.24, 2.45) is 0 Å². The van der Waals surface area contributed by atoms with Crippen LogP contribution >= 0.6 is 22.6 Å². The number of halogens is 1. The molecule has 0 fully saturated rings. The highest BCUT2D eigenvalue weighted by Crippen LogP contribution is 2.10. The van der Waals surface area contributed by atoms with Gasteiger partial charge in [0, 0.05) is 24.7 Å². The van der Waals surface area contributed by atoms with E-state index >= 15 is 0 Å². The summed E-state index contributed by atoms with van der Waals surface area (Å²) < 4.78 is 0.816. The van der Waals surface area contributed by atoms with Crippen LogP contribution in [0.25, 0.3) is 0 Å². The molecule has 1 aromatic rings. The van der Waals surface area contributed by atoms with E-state index in [1.165, 1.54) is 16.8 Å². The topological polar surface area (TPSA) is 69.7 Å². The van der Waals surface area contributed by atoms with Gasteiger partial charge in [0.15, 0.2) is 0 Å². The van der Waals surface area contributed by atoms with Crippen LogP contribution in [-0.2, 0) is 9.59 Å². The summed E-state index contributed by atoms with van der Waals surface area (Å²) in [6.07, 6.45) is 0. The van der Waals surface area contributed by atoms with E-state index in [2.05, 4.69) is 27.9 Å². The number of hydrogen-bond acceptors (Lipinski definition) is 3. The zero-order chi connectivity index (χ0) is 16.0. The van der Waals surface area contributed by atoms with E-state index in [0.29, 0.717) is 5.56 Å². The van der Waals surface area contributed by atoms with E-state index in [1.54, 1.807) is 26.2 Å². The molecule has 0 saturated heterocycles. The van der Waals surface area contributed by atoms with Crippen molar-refractivity contribution in [2.45, 2.75) is 0 Å². The van der Waals surface area contributed by atoms with Crippen molar-refractivity contribution in [3.63, 3.8) is 0 Å². The number of nitrogens with one attached hydrogen (secondary N) is 1. The number of likely N-dealkylation sites (N-methyl/N-ethyl adjacent to an activating group) is 2. The number of carbonyl (C=O) groups is 3. The van der Waals surface area contributed by atoms with Crippen LogP contribution in [0.2, 0.25) is 0 Å². The molecule has 0 bridgehead atoms. The first-order valence-electron chi connectivity index (χ1n) is 6.29. The molecular weight excluding hydrogens is 385 g/mol. The summed E-state index contributed by atoms with van der Waals surface area (Å²) >= 11 is 2.06. The van der Waals surface area contributed by atoms with Gasteiger partial charge in [0.1, 0.15) is 0 Å². The van der Waals surface area contributed by atoms with Gasteiger partial charge in [0.2, 0.25) is 11.8 Å². The standard InChI is InChI=1S/C14H18IN3O3/c1-17(2)13(20)9-18(3)12(19)8-16-14(21)10-6-4-5-7-11(10)15/h4-7H,8-9H2,1-3H3,(H,16,21). The van der Waals surface area contributed by atoms with Gasteiger partial charge in [-0.1, -0.05) is 12.1 Å². The summed E-state index contributed by atoms with van der Waals surface area (Å²) in [5.41, 5.74) is 0.526. The van der Waals surface area contributed by atoms with Crippen LogP contribution in [0.5, 0.6) is 0 Å². The maximum Gasteiger partial charge on any atom is 0.252 e. The molecule has 0 aromatic heterocycles. The molecule has 1 aromatic carbocycles. The van der Waals surface area contributed by atoms with Crippen LogP contribution in [-0.4, -0.2) is 61.8 Å². The molecule has 1 rings (SSSR count). The predicted molar refractivity (Wildman–Crippen MR) is 87.8 cm³/mol. The summed E-state index contributed by atoms with van der Waals surface area (Å²) in [5, 5.41) is 2.56. The molecular formula is C14H18IN3O3. The molecule has 0 aliphatic heterocycles. The third-order valence-corrected chi connectivity index (χ3v) is 3.76. The van der Waals surface area contributed by atoms with Crippen molar-refractivity contribution < 1.29 is 14.4 Å². The maximum absolute atomic E-state index is 12.0. The lowest BCUT2D eigenvalue weighted by atomic mass is 10.2. The van der Waals surface area contributed by atoms with Crippen molar-refractivity contribution in [1.82, 2.24) is 15.1 Å². The zero-order valence-electron chi connectivity index (χ0n) is 12.2.